The predicted octanol–water partition coefficient (Wildman–Crippen LogP) is 4.49. The van der Waals surface area contributed by atoms with Gasteiger partial charge in [0.2, 0.25) is 0 Å². The zero-order valence-corrected chi connectivity index (χ0v) is 18.2. The molecule has 0 spiro atoms. The molecule has 2 fully saturated rings. The molecule has 0 amide bonds. The number of H-pyrrole nitrogens is 1. The first-order valence-electron chi connectivity index (χ1n) is 11.4. The van der Waals surface area contributed by atoms with Crippen molar-refractivity contribution in [3.63, 3.8) is 0 Å². The van der Waals surface area contributed by atoms with Gasteiger partial charge in [0.15, 0.2) is 5.82 Å². The number of nitrogens with one attached hydrogen (secondary N) is 1. The Morgan fingerprint density at radius 1 is 1.15 bits per heavy atom. The Kier molecular flexibility index (Phi) is 5.18. The molecule has 6 rings (SSSR count). The van der Waals surface area contributed by atoms with Crippen LogP contribution in [0.5, 0.6) is 0 Å². The summed E-state index contributed by atoms with van der Waals surface area (Å²) in [6.45, 7) is 3.30. The normalized spacial score (nSPS) is 27.5. The van der Waals surface area contributed by atoms with E-state index in [9.17, 15) is 13.2 Å². The molecule has 1 aliphatic carbocycles. The summed E-state index contributed by atoms with van der Waals surface area (Å²) in [7, 11) is 0. The average Bonchev–Trinajstić information content (AvgIpc) is 3.52. The van der Waals surface area contributed by atoms with Crippen LogP contribution in [-0.2, 0) is 17.3 Å². The van der Waals surface area contributed by atoms with E-state index in [1.54, 1.807) is 12.3 Å². The van der Waals surface area contributed by atoms with Crippen LogP contribution in [0.25, 0.3) is 11.0 Å². The van der Waals surface area contributed by atoms with Crippen molar-refractivity contribution in [2.75, 3.05) is 26.3 Å². The highest BCUT2D eigenvalue weighted by atomic mass is 19.4. The van der Waals surface area contributed by atoms with Crippen molar-refractivity contribution in [1.82, 2.24) is 19.9 Å². The zero-order valence-electron chi connectivity index (χ0n) is 18.2. The Morgan fingerprint density at radius 2 is 1.94 bits per heavy atom. The van der Waals surface area contributed by atoms with Crippen LogP contribution in [0.15, 0.2) is 35.6 Å². The van der Waals surface area contributed by atoms with Gasteiger partial charge in [0.05, 0.1) is 18.6 Å². The fraction of sp³-hybridized carbons (Fsp3) is 0.458. The minimum atomic E-state index is -4.53. The molecule has 1 N–H and O–H groups in total. The van der Waals surface area contributed by atoms with Crippen LogP contribution in [-0.4, -0.2) is 58.4 Å². The smallest absolute Gasteiger partial charge is 0.381 e. The Morgan fingerprint density at radius 3 is 2.71 bits per heavy atom. The lowest BCUT2D eigenvalue weighted by Gasteiger charge is -2.38. The molecule has 0 bridgehead atoms. The van der Waals surface area contributed by atoms with Crippen LogP contribution in [0.4, 0.5) is 23.4 Å². The van der Waals surface area contributed by atoms with Gasteiger partial charge < -0.3 is 9.72 Å². The van der Waals surface area contributed by atoms with Gasteiger partial charge in [-0.15, -0.1) is 0 Å². The molecule has 0 radical (unpaired) electrons. The number of benzene rings is 1. The highest BCUT2D eigenvalue weighted by molar-refractivity contribution is 5.88. The van der Waals surface area contributed by atoms with E-state index in [4.69, 9.17) is 4.74 Å². The highest BCUT2D eigenvalue weighted by Gasteiger charge is 2.43. The molecule has 4 atom stereocenters. The lowest BCUT2D eigenvalue weighted by atomic mass is 9.78. The summed E-state index contributed by atoms with van der Waals surface area (Å²) in [5.41, 5.74) is 0.723. The standard InChI is InChI=1S/C24H23F4N5O/c25-18-3-1-2-13-4-5-19(33-8-14-10-34-11-15(14)9-33)17(21(13)18)7-29-22-16-6-20(24(26,27)28)32-23(16)31-12-30-22/h1-3,6-7,12,14-15,17,19H,4-5,8-11H2,(H,30,31,32)/t14-,15+,17?,19?. The van der Waals surface area contributed by atoms with E-state index < -0.39 is 11.9 Å². The van der Waals surface area contributed by atoms with Gasteiger partial charge in [-0.05, 0) is 30.5 Å². The lowest BCUT2D eigenvalue weighted by molar-refractivity contribution is -0.140. The van der Waals surface area contributed by atoms with Crippen molar-refractivity contribution in [3.8, 4) is 0 Å². The first kappa shape index (κ1) is 21.7. The minimum Gasteiger partial charge on any atom is -0.381 e. The maximum Gasteiger partial charge on any atom is 0.431 e. The number of aliphatic imine (C=N–C) groups is 1. The van der Waals surface area contributed by atoms with Crippen LogP contribution in [0, 0.1) is 17.7 Å². The Labute approximate surface area is 193 Å². The van der Waals surface area contributed by atoms with E-state index in [-0.39, 0.29) is 34.6 Å². The number of hydrogen-bond donors (Lipinski definition) is 1. The Bertz CT molecular complexity index is 1240. The number of nitrogens with zero attached hydrogens (tertiary/aromatic N) is 4. The topological polar surface area (TPSA) is 66.4 Å². The summed E-state index contributed by atoms with van der Waals surface area (Å²) in [4.78, 5) is 17.2. The molecule has 10 heteroatoms. The largest absolute Gasteiger partial charge is 0.431 e. The van der Waals surface area contributed by atoms with Gasteiger partial charge in [0.25, 0.3) is 0 Å². The second kappa shape index (κ2) is 8.13. The molecule has 6 nitrogen and oxygen atoms in total. The monoisotopic (exact) mass is 473 g/mol. The summed E-state index contributed by atoms with van der Waals surface area (Å²) in [6, 6.07) is 6.13. The summed E-state index contributed by atoms with van der Waals surface area (Å²) in [5.74, 6) is 0.486. The number of halogens is 4. The molecule has 1 aromatic carbocycles. The summed E-state index contributed by atoms with van der Waals surface area (Å²) < 4.78 is 60.3. The highest BCUT2D eigenvalue weighted by Crippen LogP contribution is 2.40. The summed E-state index contributed by atoms with van der Waals surface area (Å²) in [6.07, 6.45) is -0.0573. The number of aromatic nitrogens is 3. The van der Waals surface area contributed by atoms with E-state index >= 15 is 4.39 Å². The van der Waals surface area contributed by atoms with Crippen molar-refractivity contribution in [3.05, 3.63) is 53.2 Å². The number of likely N-dealkylation sites (tertiary alicyclic amines) is 1. The molecular formula is C24H23F4N5O. The van der Waals surface area contributed by atoms with E-state index in [0.717, 1.165) is 50.8 Å². The van der Waals surface area contributed by atoms with Gasteiger partial charge in [-0.25, -0.2) is 19.4 Å². The van der Waals surface area contributed by atoms with E-state index in [1.165, 1.54) is 12.4 Å². The molecule has 2 saturated heterocycles. The van der Waals surface area contributed by atoms with Crippen molar-refractivity contribution < 1.29 is 22.3 Å². The molecule has 0 saturated carbocycles. The zero-order chi connectivity index (χ0) is 23.4. The van der Waals surface area contributed by atoms with Crippen LogP contribution < -0.4 is 0 Å². The fourth-order valence-corrected chi connectivity index (χ4v) is 5.76. The molecular weight excluding hydrogens is 450 g/mol. The second-order valence-corrected chi connectivity index (χ2v) is 9.37. The van der Waals surface area contributed by atoms with Crippen molar-refractivity contribution in [2.45, 2.75) is 31.0 Å². The van der Waals surface area contributed by atoms with Gasteiger partial charge >= 0.3 is 6.18 Å². The van der Waals surface area contributed by atoms with Crippen LogP contribution in [0.3, 0.4) is 0 Å². The van der Waals surface area contributed by atoms with E-state index in [2.05, 4.69) is 24.8 Å². The van der Waals surface area contributed by atoms with Gasteiger partial charge in [0.1, 0.15) is 23.5 Å². The number of rotatable bonds is 3. The number of aromatic amines is 1. The third-order valence-corrected chi connectivity index (χ3v) is 7.41. The maximum atomic E-state index is 15.1. The SMILES string of the molecule is Fc1cccc2c1C(C=Nc1ncnc3[nH]c(C(F)(F)F)cc13)C(N1C[C@H]3COC[C@H]3C1)CC2. The van der Waals surface area contributed by atoms with Gasteiger partial charge in [-0.1, -0.05) is 12.1 Å². The first-order valence-corrected chi connectivity index (χ1v) is 11.4. The molecule has 178 valence electrons. The third-order valence-electron chi connectivity index (χ3n) is 7.41. The van der Waals surface area contributed by atoms with Crippen molar-refractivity contribution in [1.29, 1.82) is 0 Å². The van der Waals surface area contributed by atoms with Crippen molar-refractivity contribution >= 4 is 23.1 Å². The number of alkyl halides is 3. The minimum absolute atomic E-state index is 0.0491. The van der Waals surface area contributed by atoms with Gasteiger partial charge in [-0.3, -0.25) is 4.90 Å². The molecule has 4 heterocycles. The number of ether oxygens (including phenoxy) is 1. The molecule has 2 unspecified atom stereocenters. The van der Waals surface area contributed by atoms with E-state index in [0.29, 0.717) is 17.4 Å². The number of aryl methyl sites for hydroxylation is 1. The molecule has 3 aromatic rings. The second-order valence-electron chi connectivity index (χ2n) is 9.37. The lowest BCUT2D eigenvalue weighted by Crippen LogP contribution is -2.42. The summed E-state index contributed by atoms with van der Waals surface area (Å²) in [5, 5.41) is 0.181. The Hall–Kier alpha value is -2.85. The van der Waals surface area contributed by atoms with E-state index in [1.807, 2.05) is 6.07 Å². The molecule has 34 heavy (non-hydrogen) atoms. The van der Waals surface area contributed by atoms with Gasteiger partial charge in [-0.2, -0.15) is 13.2 Å². The maximum absolute atomic E-state index is 15.1. The number of hydrogen-bond acceptors (Lipinski definition) is 5. The molecule has 2 aliphatic heterocycles. The predicted molar refractivity (Wildman–Crippen MR) is 118 cm³/mol. The summed E-state index contributed by atoms with van der Waals surface area (Å²) >= 11 is 0. The molecule has 2 aromatic heterocycles. The third kappa shape index (κ3) is 3.69. The Balaban J connectivity index is 1.38. The van der Waals surface area contributed by atoms with Crippen LogP contribution in [0.1, 0.15) is 29.2 Å². The fourth-order valence-electron chi connectivity index (χ4n) is 5.76. The first-order chi connectivity index (χ1) is 16.4. The van der Waals surface area contributed by atoms with Crippen LogP contribution >= 0.6 is 0 Å². The quantitative estimate of drug-likeness (QED) is 0.450. The van der Waals surface area contributed by atoms with Gasteiger partial charge in [0, 0.05) is 48.7 Å². The van der Waals surface area contributed by atoms with Crippen molar-refractivity contribution in [2.24, 2.45) is 16.8 Å². The number of fused-ring (bicyclic) bond motifs is 3. The molecule has 3 aliphatic rings. The van der Waals surface area contributed by atoms with Crippen LogP contribution in [0.2, 0.25) is 0 Å². The average molecular weight is 473 g/mol.